The summed E-state index contributed by atoms with van der Waals surface area (Å²) in [6.45, 7) is 2.36. The smallest absolute Gasteiger partial charge is 0.124 e. The van der Waals surface area contributed by atoms with Crippen LogP contribution in [0, 0.1) is 0 Å². The van der Waals surface area contributed by atoms with Crippen molar-refractivity contribution >= 4 is 17.4 Å². The first-order valence-corrected chi connectivity index (χ1v) is 6.37. The summed E-state index contributed by atoms with van der Waals surface area (Å²) in [5, 5.41) is 9.27. The molecule has 4 heteroatoms. The topological polar surface area (TPSA) is 55.5 Å². The van der Waals surface area contributed by atoms with Gasteiger partial charge in [-0.15, -0.1) is 0 Å². The summed E-state index contributed by atoms with van der Waals surface area (Å²) in [6.07, 6.45) is 0.821. The van der Waals surface area contributed by atoms with Gasteiger partial charge in [0.15, 0.2) is 0 Å². The van der Waals surface area contributed by atoms with Crippen molar-refractivity contribution in [3.63, 3.8) is 0 Å². The molecular weight excluding hydrogens is 222 g/mol. The van der Waals surface area contributed by atoms with Gasteiger partial charge >= 0.3 is 0 Å². The van der Waals surface area contributed by atoms with Gasteiger partial charge in [-0.2, -0.15) is 11.8 Å². The molecule has 0 aromatic heterocycles. The maximum absolute atomic E-state index is 8.82. The number of ether oxygens (including phenoxy) is 1. The van der Waals surface area contributed by atoms with Crippen LogP contribution in [0.2, 0.25) is 0 Å². The van der Waals surface area contributed by atoms with Crippen LogP contribution in [0.1, 0.15) is 18.9 Å². The number of nitrogen functional groups attached to an aromatic ring is 1. The molecule has 3 nitrogen and oxygen atoms in total. The minimum atomic E-state index is 0.243. The maximum atomic E-state index is 8.82. The zero-order valence-corrected chi connectivity index (χ0v) is 10.6. The Bertz CT molecular complexity index is 331. The highest BCUT2D eigenvalue weighted by Gasteiger charge is 2.07. The van der Waals surface area contributed by atoms with Crippen LogP contribution in [0.3, 0.4) is 0 Å². The minimum Gasteiger partial charge on any atom is -0.496 e. The molecule has 0 aliphatic heterocycles. The summed E-state index contributed by atoms with van der Waals surface area (Å²) in [5.74, 6) is 1.72. The van der Waals surface area contributed by atoms with Gasteiger partial charge in [0.05, 0.1) is 7.11 Å². The Hall–Kier alpha value is -0.870. The van der Waals surface area contributed by atoms with E-state index in [-0.39, 0.29) is 6.61 Å². The molecule has 0 heterocycles. The second kappa shape index (κ2) is 6.66. The van der Waals surface area contributed by atoms with Gasteiger partial charge < -0.3 is 15.6 Å². The van der Waals surface area contributed by atoms with E-state index in [4.69, 9.17) is 15.6 Å². The number of hydrogen-bond acceptors (Lipinski definition) is 4. The molecule has 0 saturated carbocycles. The molecular formula is C12H19NO2S. The van der Waals surface area contributed by atoms with Crippen molar-refractivity contribution in [3.8, 4) is 5.75 Å². The molecule has 0 spiro atoms. The van der Waals surface area contributed by atoms with Crippen LogP contribution in [0.4, 0.5) is 5.69 Å². The highest BCUT2D eigenvalue weighted by Crippen LogP contribution is 2.27. The van der Waals surface area contributed by atoms with Crippen LogP contribution in [0.15, 0.2) is 18.2 Å². The molecule has 0 amide bonds. The molecule has 1 aromatic rings. The molecule has 90 valence electrons. The minimum absolute atomic E-state index is 0.243. The number of nitrogens with two attached hydrogens (primary N) is 1. The lowest BCUT2D eigenvalue weighted by Gasteiger charge is -2.12. The van der Waals surface area contributed by atoms with Crippen molar-refractivity contribution in [2.45, 2.75) is 24.3 Å². The van der Waals surface area contributed by atoms with Gasteiger partial charge in [0, 0.05) is 34.9 Å². The molecule has 3 N–H and O–H groups in total. The summed E-state index contributed by atoms with van der Waals surface area (Å²) >= 11 is 1.81. The number of aliphatic hydroxyl groups excluding tert-OH is 1. The van der Waals surface area contributed by atoms with Crippen molar-refractivity contribution < 1.29 is 9.84 Å². The second-order valence-corrected chi connectivity index (χ2v) is 5.13. The van der Waals surface area contributed by atoms with Gasteiger partial charge in [0.25, 0.3) is 0 Å². The largest absolute Gasteiger partial charge is 0.496 e. The summed E-state index contributed by atoms with van der Waals surface area (Å²) < 4.78 is 5.28. The van der Waals surface area contributed by atoms with Crippen molar-refractivity contribution in [1.29, 1.82) is 0 Å². The average Bonchev–Trinajstić information content (AvgIpc) is 2.27. The van der Waals surface area contributed by atoms with Gasteiger partial charge in [-0.3, -0.25) is 0 Å². The van der Waals surface area contributed by atoms with Crippen LogP contribution in [0.5, 0.6) is 5.75 Å². The predicted octanol–water partition coefficient (Wildman–Crippen LogP) is 2.28. The molecule has 1 aromatic carbocycles. The molecule has 0 fully saturated rings. The second-order valence-electron chi connectivity index (χ2n) is 3.71. The summed E-state index contributed by atoms with van der Waals surface area (Å²) in [4.78, 5) is 0. The fraction of sp³-hybridized carbons (Fsp3) is 0.500. The van der Waals surface area contributed by atoms with E-state index in [1.165, 1.54) is 0 Å². The number of anilines is 1. The first kappa shape index (κ1) is 13.2. The molecule has 0 bridgehead atoms. The van der Waals surface area contributed by atoms with Crippen molar-refractivity contribution in [2.24, 2.45) is 0 Å². The van der Waals surface area contributed by atoms with E-state index >= 15 is 0 Å². The summed E-state index contributed by atoms with van der Waals surface area (Å²) in [6, 6.07) is 5.72. The Morgan fingerprint density at radius 2 is 2.25 bits per heavy atom. The van der Waals surface area contributed by atoms with Crippen molar-refractivity contribution in [3.05, 3.63) is 23.8 Å². The quantitative estimate of drug-likeness (QED) is 0.750. The number of benzene rings is 1. The average molecular weight is 241 g/mol. The molecule has 0 saturated heterocycles. The highest BCUT2D eigenvalue weighted by molar-refractivity contribution is 7.99. The van der Waals surface area contributed by atoms with Gasteiger partial charge in [-0.1, -0.05) is 13.0 Å². The predicted molar refractivity (Wildman–Crippen MR) is 69.9 cm³/mol. The van der Waals surface area contributed by atoms with Crippen LogP contribution in [-0.2, 0) is 5.75 Å². The third-order valence-electron chi connectivity index (χ3n) is 2.37. The maximum Gasteiger partial charge on any atom is 0.124 e. The number of hydrogen-bond donors (Lipinski definition) is 2. The molecule has 0 radical (unpaired) electrons. The van der Waals surface area contributed by atoms with Gasteiger partial charge in [0.2, 0.25) is 0 Å². The van der Waals surface area contributed by atoms with Crippen LogP contribution >= 0.6 is 11.8 Å². The van der Waals surface area contributed by atoms with E-state index in [0.717, 1.165) is 23.5 Å². The third-order valence-corrected chi connectivity index (χ3v) is 3.65. The van der Waals surface area contributed by atoms with E-state index in [1.807, 2.05) is 30.0 Å². The van der Waals surface area contributed by atoms with Crippen molar-refractivity contribution in [1.82, 2.24) is 0 Å². The molecule has 0 aliphatic carbocycles. The Morgan fingerprint density at radius 1 is 1.50 bits per heavy atom. The van der Waals surface area contributed by atoms with E-state index in [9.17, 15) is 0 Å². The Kier molecular flexibility index (Phi) is 5.49. The Labute approximate surface area is 101 Å². The Balaban J connectivity index is 2.59. The van der Waals surface area contributed by atoms with E-state index in [1.54, 1.807) is 7.11 Å². The lowest BCUT2D eigenvalue weighted by Crippen LogP contribution is -2.01. The Morgan fingerprint density at radius 3 is 2.88 bits per heavy atom. The van der Waals surface area contributed by atoms with Crippen molar-refractivity contribution in [2.75, 3.05) is 19.5 Å². The normalized spacial score (nSPS) is 12.4. The molecule has 1 unspecified atom stereocenters. The van der Waals surface area contributed by atoms with E-state index < -0.39 is 0 Å². The summed E-state index contributed by atoms with van der Waals surface area (Å²) in [5.41, 5.74) is 7.55. The number of methoxy groups -OCH3 is 1. The van der Waals surface area contributed by atoms with Gasteiger partial charge in [-0.05, 0) is 12.5 Å². The van der Waals surface area contributed by atoms with Gasteiger partial charge in [0.1, 0.15) is 5.75 Å². The first-order valence-electron chi connectivity index (χ1n) is 5.32. The lowest BCUT2D eigenvalue weighted by molar-refractivity contribution is 0.289. The van der Waals surface area contributed by atoms with Crippen LogP contribution in [-0.4, -0.2) is 24.1 Å². The first-order chi connectivity index (χ1) is 7.67. The number of rotatable bonds is 6. The zero-order chi connectivity index (χ0) is 12.0. The SMILES string of the molecule is COc1cc(N)ccc1CSC(C)CCO. The molecule has 16 heavy (non-hydrogen) atoms. The number of aliphatic hydroxyl groups is 1. The molecule has 0 aliphatic rings. The highest BCUT2D eigenvalue weighted by atomic mass is 32.2. The zero-order valence-electron chi connectivity index (χ0n) is 9.77. The number of thioether (sulfide) groups is 1. The molecule has 1 atom stereocenters. The van der Waals surface area contributed by atoms with Crippen LogP contribution < -0.4 is 10.5 Å². The lowest BCUT2D eigenvalue weighted by atomic mass is 10.2. The molecule has 1 rings (SSSR count). The summed E-state index contributed by atoms with van der Waals surface area (Å²) in [7, 11) is 1.65. The monoisotopic (exact) mass is 241 g/mol. The fourth-order valence-corrected chi connectivity index (χ4v) is 2.35. The van der Waals surface area contributed by atoms with Crippen LogP contribution in [0.25, 0.3) is 0 Å². The standard InChI is InChI=1S/C12H19NO2S/c1-9(5-6-14)16-8-10-3-4-11(13)7-12(10)15-2/h3-4,7,9,14H,5-6,8,13H2,1-2H3. The third kappa shape index (κ3) is 3.94. The fourth-order valence-electron chi connectivity index (χ4n) is 1.38. The van der Waals surface area contributed by atoms with E-state index in [2.05, 4.69) is 6.92 Å². The van der Waals surface area contributed by atoms with Gasteiger partial charge in [-0.25, -0.2) is 0 Å². The van der Waals surface area contributed by atoms with E-state index in [0.29, 0.717) is 10.9 Å².